The van der Waals surface area contributed by atoms with Gasteiger partial charge < -0.3 is 5.73 Å². The number of rotatable bonds is 6. The number of nitrogens with two attached hydrogens (primary N) is 1. The Kier molecular flexibility index (Phi) is 5.15. The van der Waals surface area contributed by atoms with E-state index in [1.54, 1.807) is 6.07 Å². The summed E-state index contributed by atoms with van der Waals surface area (Å²) in [6.07, 6.45) is 1.61. The number of nitrogens with zero attached hydrogens (tertiary/aromatic N) is 1. The third-order valence-corrected chi connectivity index (χ3v) is 3.93. The molecule has 0 aliphatic heterocycles. The van der Waals surface area contributed by atoms with Crippen molar-refractivity contribution in [2.24, 2.45) is 5.73 Å². The fourth-order valence-electron chi connectivity index (χ4n) is 1.87. The summed E-state index contributed by atoms with van der Waals surface area (Å²) in [5.74, 6) is 0. The standard InChI is InChI=1S/C15H16N2O2S/c16-10-4-5-12-8-9-15(14(11-12)17(18)19)20-13-6-2-1-3-7-13/h1-3,6-9,11H,4-5,10,16H2. The van der Waals surface area contributed by atoms with Crippen LogP contribution in [0.25, 0.3) is 0 Å². The molecule has 0 aromatic heterocycles. The molecule has 0 amide bonds. The van der Waals surface area contributed by atoms with E-state index < -0.39 is 0 Å². The second-order valence-corrected chi connectivity index (χ2v) is 5.48. The minimum absolute atomic E-state index is 0.161. The van der Waals surface area contributed by atoms with Crippen LogP contribution in [0.4, 0.5) is 5.69 Å². The molecule has 20 heavy (non-hydrogen) atoms. The van der Waals surface area contributed by atoms with Crippen LogP contribution >= 0.6 is 11.8 Å². The van der Waals surface area contributed by atoms with Crippen LogP contribution in [0.15, 0.2) is 58.3 Å². The Labute approximate surface area is 122 Å². The zero-order chi connectivity index (χ0) is 14.4. The van der Waals surface area contributed by atoms with Crippen molar-refractivity contribution < 1.29 is 4.92 Å². The van der Waals surface area contributed by atoms with Gasteiger partial charge in [-0.05, 0) is 43.1 Å². The molecule has 0 bridgehead atoms. The minimum atomic E-state index is -0.322. The number of aryl methyl sites for hydroxylation is 1. The fraction of sp³-hybridized carbons (Fsp3) is 0.200. The maximum absolute atomic E-state index is 11.2. The molecule has 0 atom stereocenters. The summed E-state index contributed by atoms with van der Waals surface area (Å²) in [6.45, 7) is 0.592. The molecule has 0 spiro atoms. The van der Waals surface area contributed by atoms with Crippen molar-refractivity contribution in [3.8, 4) is 0 Å². The average molecular weight is 288 g/mol. The second kappa shape index (κ2) is 7.07. The number of benzene rings is 2. The van der Waals surface area contributed by atoms with Gasteiger partial charge in [-0.3, -0.25) is 10.1 Å². The molecular weight excluding hydrogens is 272 g/mol. The Bertz CT molecular complexity index is 588. The molecule has 0 heterocycles. The normalized spacial score (nSPS) is 10.4. The Morgan fingerprint density at radius 3 is 2.55 bits per heavy atom. The molecule has 0 saturated carbocycles. The Morgan fingerprint density at radius 2 is 1.90 bits per heavy atom. The highest BCUT2D eigenvalue weighted by Gasteiger charge is 2.15. The summed E-state index contributed by atoms with van der Waals surface area (Å²) in [5.41, 5.74) is 6.59. The highest BCUT2D eigenvalue weighted by Crippen LogP contribution is 2.35. The van der Waals surface area contributed by atoms with Gasteiger partial charge in [0.1, 0.15) is 0 Å². The van der Waals surface area contributed by atoms with E-state index in [1.807, 2.05) is 42.5 Å². The largest absolute Gasteiger partial charge is 0.330 e. The molecule has 0 saturated heterocycles. The van der Waals surface area contributed by atoms with Crippen LogP contribution in [0.2, 0.25) is 0 Å². The number of nitro benzene ring substituents is 1. The molecular formula is C15H16N2O2S. The zero-order valence-corrected chi connectivity index (χ0v) is 11.8. The first-order chi connectivity index (χ1) is 9.70. The maximum atomic E-state index is 11.2. The lowest BCUT2D eigenvalue weighted by molar-refractivity contribution is -0.387. The molecule has 5 heteroatoms. The van der Waals surface area contributed by atoms with Gasteiger partial charge in [0.15, 0.2) is 0 Å². The molecule has 2 aromatic rings. The van der Waals surface area contributed by atoms with E-state index in [0.29, 0.717) is 11.4 Å². The highest BCUT2D eigenvalue weighted by atomic mass is 32.2. The van der Waals surface area contributed by atoms with Crippen molar-refractivity contribution in [3.05, 3.63) is 64.2 Å². The summed E-state index contributed by atoms with van der Waals surface area (Å²) in [7, 11) is 0. The van der Waals surface area contributed by atoms with Crippen LogP contribution < -0.4 is 5.73 Å². The molecule has 4 nitrogen and oxygen atoms in total. The van der Waals surface area contributed by atoms with Gasteiger partial charge in [0.25, 0.3) is 5.69 Å². The van der Waals surface area contributed by atoms with Gasteiger partial charge in [-0.25, -0.2) is 0 Å². The van der Waals surface area contributed by atoms with E-state index >= 15 is 0 Å². The van der Waals surface area contributed by atoms with E-state index in [4.69, 9.17) is 5.73 Å². The van der Waals surface area contributed by atoms with Gasteiger partial charge >= 0.3 is 0 Å². The van der Waals surface area contributed by atoms with Crippen LogP contribution in [-0.2, 0) is 6.42 Å². The van der Waals surface area contributed by atoms with Crippen molar-refractivity contribution in [2.45, 2.75) is 22.6 Å². The van der Waals surface area contributed by atoms with Gasteiger partial charge in [-0.15, -0.1) is 0 Å². The molecule has 0 aliphatic carbocycles. The lowest BCUT2D eigenvalue weighted by atomic mass is 10.1. The average Bonchev–Trinajstić information content (AvgIpc) is 2.47. The molecule has 0 aliphatic rings. The smallest absolute Gasteiger partial charge is 0.283 e. The number of hydrogen-bond acceptors (Lipinski definition) is 4. The van der Waals surface area contributed by atoms with E-state index in [9.17, 15) is 10.1 Å². The van der Waals surface area contributed by atoms with Gasteiger partial charge in [-0.1, -0.05) is 36.0 Å². The maximum Gasteiger partial charge on any atom is 0.283 e. The van der Waals surface area contributed by atoms with Crippen LogP contribution in [0, 0.1) is 10.1 Å². The predicted molar refractivity (Wildman–Crippen MR) is 81.0 cm³/mol. The summed E-state index contributed by atoms with van der Waals surface area (Å²) >= 11 is 1.41. The van der Waals surface area contributed by atoms with Gasteiger partial charge in [0.05, 0.1) is 9.82 Å². The number of hydrogen-bond donors (Lipinski definition) is 1. The van der Waals surface area contributed by atoms with E-state index in [-0.39, 0.29) is 10.6 Å². The van der Waals surface area contributed by atoms with E-state index in [2.05, 4.69) is 0 Å². The van der Waals surface area contributed by atoms with Crippen molar-refractivity contribution in [1.82, 2.24) is 0 Å². The third-order valence-electron chi connectivity index (χ3n) is 2.86. The van der Waals surface area contributed by atoms with Crippen LogP contribution in [0.1, 0.15) is 12.0 Å². The summed E-state index contributed by atoms with van der Waals surface area (Å²) in [5, 5.41) is 11.2. The lowest BCUT2D eigenvalue weighted by Crippen LogP contribution is -2.01. The Balaban J connectivity index is 2.26. The highest BCUT2D eigenvalue weighted by molar-refractivity contribution is 7.99. The first-order valence-corrected chi connectivity index (χ1v) is 7.22. The Morgan fingerprint density at radius 1 is 1.15 bits per heavy atom. The second-order valence-electron chi connectivity index (χ2n) is 4.37. The van der Waals surface area contributed by atoms with Crippen LogP contribution in [0.5, 0.6) is 0 Å². The van der Waals surface area contributed by atoms with Crippen molar-refractivity contribution >= 4 is 17.4 Å². The zero-order valence-electron chi connectivity index (χ0n) is 11.0. The third kappa shape index (κ3) is 3.82. The molecule has 0 unspecified atom stereocenters. The predicted octanol–water partition coefficient (Wildman–Crippen LogP) is 3.64. The van der Waals surface area contributed by atoms with Crippen LogP contribution in [0.3, 0.4) is 0 Å². The van der Waals surface area contributed by atoms with Gasteiger partial charge in [0.2, 0.25) is 0 Å². The lowest BCUT2D eigenvalue weighted by Gasteiger charge is -2.05. The minimum Gasteiger partial charge on any atom is -0.330 e. The van der Waals surface area contributed by atoms with Crippen molar-refractivity contribution in [2.75, 3.05) is 6.54 Å². The summed E-state index contributed by atoms with van der Waals surface area (Å²) < 4.78 is 0. The van der Waals surface area contributed by atoms with E-state index in [0.717, 1.165) is 23.3 Å². The SMILES string of the molecule is NCCCc1ccc(Sc2ccccc2)c([N+](=O)[O-])c1. The quantitative estimate of drug-likeness (QED) is 0.651. The molecule has 2 rings (SSSR count). The molecule has 2 N–H and O–H groups in total. The summed E-state index contributed by atoms with van der Waals surface area (Å²) in [6, 6.07) is 15.1. The Hall–Kier alpha value is -1.85. The fourth-order valence-corrected chi connectivity index (χ4v) is 2.79. The number of nitro groups is 1. The monoisotopic (exact) mass is 288 g/mol. The topological polar surface area (TPSA) is 69.2 Å². The molecule has 0 fully saturated rings. The van der Waals surface area contributed by atoms with Gasteiger partial charge in [-0.2, -0.15) is 0 Å². The van der Waals surface area contributed by atoms with Crippen molar-refractivity contribution in [3.63, 3.8) is 0 Å². The van der Waals surface area contributed by atoms with Crippen LogP contribution in [-0.4, -0.2) is 11.5 Å². The molecule has 0 radical (unpaired) electrons. The van der Waals surface area contributed by atoms with E-state index in [1.165, 1.54) is 11.8 Å². The first kappa shape index (κ1) is 14.6. The first-order valence-electron chi connectivity index (χ1n) is 6.41. The summed E-state index contributed by atoms with van der Waals surface area (Å²) in [4.78, 5) is 12.5. The molecule has 2 aromatic carbocycles. The molecule has 104 valence electrons. The van der Waals surface area contributed by atoms with Crippen molar-refractivity contribution in [1.29, 1.82) is 0 Å². The van der Waals surface area contributed by atoms with Gasteiger partial charge in [0, 0.05) is 11.0 Å².